The number of aryl methyl sites for hydroxylation is 1. The summed E-state index contributed by atoms with van der Waals surface area (Å²) in [5.74, 6) is 0. The molecule has 74 valence electrons. The highest BCUT2D eigenvalue weighted by Crippen LogP contribution is 2.31. The summed E-state index contributed by atoms with van der Waals surface area (Å²) in [6, 6.07) is 5.62. The van der Waals surface area contributed by atoms with E-state index in [9.17, 15) is 4.39 Å². The molecule has 1 unspecified atom stereocenters. The molecule has 0 saturated heterocycles. The molecule has 2 N–H and O–H groups in total. The lowest BCUT2D eigenvalue weighted by Gasteiger charge is -2.01. The molecule has 0 amide bonds. The molecular weight excluding hydrogens is 179 g/mol. The number of hydrogen-bond acceptors (Lipinski definition) is 1. The maximum absolute atomic E-state index is 13.3. The summed E-state index contributed by atoms with van der Waals surface area (Å²) in [4.78, 5) is 0. The number of aromatic nitrogens is 1. The van der Waals surface area contributed by atoms with Crippen LogP contribution in [0.25, 0.3) is 10.9 Å². The molecule has 1 atom stereocenters. The van der Waals surface area contributed by atoms with Gasteiger partial charge in [0, 0.05) is 29.9 Å². The first kappa shape index (κ1) is 9.06. The van der Waals surface area contributed by atoms with Crippen molar-refractivity contribution in [3.05, 3.63) is 30.0 Å². The summed E-state index contributed by atoms with van der Waals surface area (Å²) < 4.78 is 15.2. The maximum Gasteiger partial charge on any atom is 0.124 e. The number of hydrogen-bond donors (Lipinski definition) is 1. The quantitative estimate of drug-likeness (QED) is 0.692. The van der Waals surface area contributed by atoms with Gasteiger partial charge in [-0.25, -0.2) is 4.39 Å². The van der Waals surface area contributed by atoms with Crippen molar-refractivity contribution in [2.24, 2.45) is 7.05 Å². The van der Waals surface area contributed by atoms with Gasteiger partial charge in [-0.05, 0) is 19.1 Å². The fraction of sp³-hybridized carbons (Fsp3) is 0.273. The number of nitrogens with two attached hydrogens (primary N) is 1. The Hall–Kier alpha value is -1.51. The number of anilines is 1. The molecule has 0 fully saturated rings. The van der Waals surface area contributed by atoms with Gasteiger partial charge in [0.1, 0.15) is 6.17 Å². The Kier molecular flexibility index (Phi) is 1.95. The second-order valence-electron chi connectivity index (χ2n) is 3.55. The molecule has 0 saturated carbocycles. The minimum absolute atomic E-state index is 0.641. The standard InChI is InChI=1S/C11H13FN2/c1-7(12)8-6-14(2)10-5-3-4-9(13)11(8)10/h3-7H,13H2,1-2H3. The van der Waals surface area contributed by atoms with Crippen LogP contribution in [0.4, 0.5) is 10.1 Å². The first-order valence-corrected chi connectivity index (χ1v) is 4.58. The van der Waals surface area contributed by atoms with Crippen molar-refractivity contribution in [2.75, 3.05) is 5.73 Å². The summed E-state index contributed by atoms with van der Waals surface area (Å²) >= 11 is 0. The van der Waals surface area contributed by atoms with Crippen molar-refractivity contribution in [3.8, 4) is 0 Å². The lowest BCUT2D eigenvalue weighted by Crippen LogP contribution is -1.89. The topological polar surface area (TPSA) is 30.9 Å². The van der Waals surface area contributed by atoms with E-state index in [0.29, 0.717) is 11.3 Å². The van der Waals surface area contributed by atoms with E-state index in [1.165, 1.54) is 6.92 Å². The number of benzene rings is 1. The number of alkyl halides is 1. The molecule has 14 heavy (non-hydrogen) atoms. The van der Waals surface area contributed by atoms with Gasteiger partial charge in [-0.15, -0.1) is 0 Å². The van der Waals surface area contributed by atoms with Gasteiger partial charge < -0.3 is 10.3 Å². The van der Waals surface area contributed by atoms with E-state index in [-0.39, 0.29) is 0 Å². The van der Waals surface area contributed by atoms with Gasteiger partial charge in [0.05, 0.1) is 5.52 Å². The smallest absolute Gasteiger partial charge is 0.124 e. The van der Waals surface area contributed by atoms with Crippen molar-refractivity contribution in [1.29, 1.82) is 0 Å². The molecule has 3 heteroatoms. The minimum atomic E-state index is -0.983. The largest absolute Gasteiger partial charge is 0.398 e. The maximum atomic E-state index is 13.3. The van der Waals surface area contributed by atoms with Gasteiger partial charge in [-0.1, -0.05) is 6.07 Å². The molecule has 0 aliphatic rings. The molecule has 1 heterocycles. The van der Waals surface area contributed by atoms with Gasteiger partial charge in [-0.2, -0.15) is 0 Å². The summed E-state index contributed by atoms with van der Waals surface area (Å²) in [7, 11) is 1.90. The normalized spacial score (nSPS) is 13.4. The molecular formula is C11H13FN2. The van der Waals surface area contributed by atoms with Crippen LogP contribution in [0.3, 0.4) is 0 Å². The van der Waals surface area contributed by atoms with E-state index in [1.807, 2.05) is 23.7 Å². The van der Waals surface area contributed by atoms with Crippen molar-refractivity contribution < 1.29 is 4.39 Å². The van der Waals surface area contributed by atoms with E-state index < -0.39 is 6.17 Å². The first-order chi connectivity index (χ1) is 6.61. The number of nitrogen functional groups attached to an aromatic ring is 1. The zero-order chi connectivity index (χ0) is 10.3. The van der Waals surface area contributed by atoms with Crippen LogP contribution in [0.5, 0.6) is 0 Å². The van der Waals surface area contributed by atoms with Crippen LogP contribution in [0.15, 0.2) is 24.4 Å². The highest BCUT2D eigenvalue weighted by atomic mass is 19.1. The molecule has 0 aliphatic carbocycles. The second-order valence-corrected chi connectivity index (χ2v) is 3.55. The lowest BCUT2D eigenvalue weighted by molar-refractivity contribution is 0.376. The van der Waals surface area contributed by atoms with Crippen LogP contribution < -0.4 is 5.73 Å². The zero-order valence-corrected chi connectivity index (χ0v) is 8.29. The summed E-state index contributed by atoms with van der Waals surface area (Å²) in [6.07, 6.45) is 0.814. The summed E-state index contributed by atoms with van der Waals surface area (Å²) in [6.45, 7) is 1.53. The Labute approximate surface area is 82.1 Å². The van der Waals surface area contributed by atoms with Gasteiger partial charge in [0.25, 0.3) is 0 Å². The third-order valence-electron chi connectivity index (χ3n) is 2.50. The molecule has 0 spiro atoms. The Balaban J connectivity index is 2.86. The number of nitrogens with zero attached hydrogens (tertiary/aromatic N) is 1. The molecule has 1 aromatic heterocycles. The van der Waals surface area contributed by atoms with Crippen LogP contribution in [0, 0.1) is 0 Å². The van der Waals surface area contributed by atoms with Crippen LogP contribution in [-0.2, 0) is 7.05 Å². The van der Waals surface area contributed by atoms with Crippen LogP contribution in [0.1, 0.15) is 18.7 Å². The van der Waals surface area contributed by atoms with Gasteiger partial charge in [0.2, 0.25) is 0 Å². The lowest BCUT2D eigenvalue weighted by atomic mass is 10.1. The number of halogens is 1. The van der Waals surface area contributed by atoms with Crippen molar-refractivity contribution >= 4 is 16.6 Å². The third kappa shape index (κ3) is 1.16. The predicted octanol–water partition coefficient (Wildman–Crippen LogP) is 2.79. The Morgan fingerprint density at radius 1 is 1.43 bits per heavy atom. The highest BCUT2D eigenvalue weighted by Gasteiger charge is 2.13. The van der Waals surface area contributed by atoms with E-state index >= 15 is 0 Å². The number of rotatable bonds is 1. The summed E-state index contributed by atoms with van der Waals surface area (Å²) in [5, 5.41) is 0.838. The molecule has 0 bridgehead atoms. The fourth-order valence-electron chi connectivity index (χ4n) is 1.81. The Bertz CT molecular complexity index is 471. The second kappa shape index (κ2) is 3.01. The van der Waals surface area contributed by atoms with E-state index in [4.69, 9.17) is 5.73 Å². The van der Waals surface area contributed by atoms with E-state index in [1.54, 1.807) is 12.3 Å². The molecule has 2 rings (SSSR count). The van der Waals surface area contributed by atoms with Crippen molar-refractivity contribution in [1.82, 2.24) is 4.57 Å². The summed E-state index contributed by atoms with van der Waals surface area (Å²) in [5.41, 5.74) is 8.11. The van der Waals surface area contributed by atoms with Gasteiger partial charge in [0.15, 0.2) is 0 Å². The zero-order valence-electron chi connectivity index (χ0n) is 8.29. The van der Waals surface area contributed by atoms with Crippen LogP contribution in [-0.4, -0.2) is 4.57 Å². The average molecular weight is 192 g/mol. The monoisotopic (exact) mass is 192 g/mol. The van der Waals surface area contributed by atoms with Crippen LogP contribution in [0.2, 0.25) is 0 Å². The SMILES string of the molecule is CC(F)c1cn(C)c2cccc(N)c12. The van der Waals surface area contributed by atoms with E-state index in [0.717, 1.165) is 10.9 Å². The molecule has 0 aliphatic heterocycles. The molecule has 2 nitrogen and oxygen atoms in total. The fourth-order valence-corrected chi connectivity index (χ4v) is 1.81. The van der Waals surface area contributed by atoms with Crippen LogP contribution >= 0.6 is 0 Å². The predicted molar refractivity (Wildman–Crippen MR) is 56.9 cm³/mol. The van der Waals surface area contributed by atoms with Gasteiger partial charge in [-0.3, -0.25) is 0 Å². The van der Waals surface area contributed by atoms with Crippen molar-refractivity contribution in [3.63, 3.8) is 0 Å². The molecule has 2 aromatic rings. The highest BCUT2D eigenvalue weighted by molar-refractivity contribution is 5.94. The van der Waals surface area contributed by atoms with E-state index in [2.05, 4.69) is 0 Å². The minimum Gasteiger partial charge on any atom is -0.398 e. The molecule has 0 radical (unpaired) electrons. The third-order valence-corrected chi connectivity index (χ3v) is 2.50. The molecule has 1 aromatic carbocycles. The number of fused-ring (bicyclic) bond motifs is 1. The Morgan fingerprint density at radius 2 is 2.14 bits per heavy atom. The average Bonchev–Trinajstić information content (AvgIpc) is 2.46. The van der Waals surface area contributed by atoms with Crippen molar-refractivity contribution in [2.45, 2.75) is 13.1 Å². The van der Waals surface area contributed by atoms with Gasteiger partial charge >= 0.3 is 0 Å². The first-order valence-electron chi connectivity index (χ1n) is 4.58. The Morgan fingerprint density at radius 3 is 2.79 bits per heavy atom.